The van der Waals surface area contributed by atoms with Crippen molar-refractivity contribution in [1.82, 2.24) is 30.1 Å². The predicted molar refractivity (Wildman–Crippen MR) is 84.7 cm³/mol. The number of methoxy groups -OCH3 is 1. The first-order valence-electron chi connectivity index (χ1n) is 7.35. The highest BCUT2D eigenvalue weighted by Crippen LogP contribution is 2.23. The van der Waals surface area contributed by atoms with Gasteiger partial charge < -0.3 is 14.5 Å². The van der Waals surface area contributed by atoms with Crippen LogP contribution in [0.25, 0.3) is 11.0 Å². The number of fused-ring (bicyclic) bond motifs is 1. The van der Waals surface area contributed by atoms with Crippen molar-refractivity contribution in [1.29, 1.82) is 0 Å². The zero-order valence-corrected chi connectivity index (χ0v) is 12.7. The van der Waals surface area contributed by atoms with Crippen LogP contribution in [0.5, 0.6) is 5.88 Å². The summed E-state index contributed by atoms with van der Waals surface area (Å²) in [6, 6.07) is 0. The van der Waals surface area contributed by atoms with Gasteiger partial charge in [-0.15, -0.1) is 0 Å². The van der Waals surface area contributed by atoms with E-state index in [0.717, 1.165) is 48.8 Å². The number of hydrogen-bond acceptors (Lipinski definition) is 8. The average Bonchev–Trinajstić information content (AvgIpc) is 3.11. The van der Waals surface area contributed by atoms with E-state index in [9.17, 15) is 0 Å². The number of rotatable bonds is 3. The maximum Gasteiger partial charge on any atom is 0.233 e. The lowest BCUT2D eigenvalue weighted by molar-refractivity contribution is 0.395. The van der Waals surface area contributed by atoms with Crippen LogP contribution in [0.3, 0.4) is 0 Å². The molecule has 0 aromatic carbocycles. The van der Waals surface area contributed by atoms with Crippen molar-refractivity contribution >= 4 is 22.7 Å². The average molecular weight is 312 g/mol. The van der Waals surface area contributed by atoms with Crippen LogP contribution in [0, 0.1) is 0 Å². The number of nitrogens with zero attached hydrogens (tertiary/aromatic N) is 7. The van der Waals surface area contributed by atoms with Gasteiger partial charge in [0.15, 0.2) is 11.5 Å². The summed E-state index contributed by atoms with van der Waals surface area (Å²) in [6.45, 7) is 3.36. The number of hydrogen-bond donors (Lipinski definition) is 1. The van der Waals surface area contributed by atoms with Crippen LogP contribution in [0.1, 0.15) is 0 Å². The molecule has 23 heavy (non-hydrogen) atoms. The van der Waals surface area contributed by atoms with Gasteiger partial charge in [0.1, 0.15) is 12.1 Å². The van der Waals surface area contributed by atoms with E-state index in [1.165, 1.54) is 0 Å². The quantitative estimate of drug-likeness (QED) is 0.746. The van der Waals surface area contributed by atoms with Crippen molar-refractivity contribution in [3.05, 3.63) is 24.9 Å². The largest absolute Gasteiger partial charge is 0.480 e. The van der Waals surface area contributed by atoms with Crippen LogP contribution in [0.2, 0.25) is 0 Å². The van der Waals surface area contributed by atoms with Gasteiger partial charge in [0.25, 0.3) is 0 Å². The molecular weight excluding hydrogens is 296 g/mol. The number of nitrogens with one attached hydrogen (secondary N) is 1. The van der Waals surface area contributed by atoms with E-state index < -0.39 is 0 Å². The molecule has 9 heteroatoms. The summed E-state index contributed by atoms with van der Waals surface area (Å²) in [4.78, 5) is 21.6. The molecule has 1 aliphatic heterocycles. The molecule has 3 aromatic heterocycles. The Balaban J connectivity index is 1.51. The standard InChI is InChI=1S/C14H16N8O/c1-23-12-8-15-7-11(19-12)21-2-4-22(5-3-21)14-10-6-18-20-13(10)16-9-17-14/h6-9H,2-5H2,1H3,(H,16,17,18,20). The fraction of sp³-hybridized carbons (Fsp3) is 0.357. The molecule has 1 saturated heterocycles. The minimum Gasteiger partial charge on any atom is -0.480 e. The highest BCUT2D eigenvalue weighted by Gasteiger charge is 2.21. The summed E-state index contributed by atoms with van der Waals surface area (Å²) in [5.74, 6) is 2.28. The number of H-pyrrole nitrogens is 1. The van der Waals surface area contributed by atoms with Crippen molar-refractivity contribution in [3.63, 3.8) is 0 Å². The minimum absolute atomic E-state index is 0.529. The predicted octanol–water partition coefficient (Wildman–Crippen LogP) is 0.478. The molecular formula is C14H16N8O. The summed E-state index contributed by atoms with van der Waals surface area (Å²) < 4.78 is 5.14. The summed E-state index contributed by atoms with van der Waals surface area (Å²) in [6.07, 6.45) is 6.70. The first kappa shape index (κ1) is 13.7. The number of ether oxygens (including phenoxy) is 1. The van der Waals surface area contributed by atoms with Crippen molar-refractivity contribution in [2.45, 2.75) is 0 Å². The molecule has 0 spiro atoms. The lowest BCUT2D eigenvalue weighted by atomic mass is 10.3. The van der Waals surface area contributed by atoms with Gasteiger partial charge in [-0.2, -0.15) is 10.1 Å². The Labute approximate surface area is 132 Å². The Hall–Kier alpha value is -2.97. The topological polar surface area (TPSA) is 96.0 Å². The normalized spacial score (nSPS) is 15.2. The van der Waals surface area contributed by atoms with E-state index in [1.54, 1.807) is 32.0 Å². The maximum absolute atomic E-state index is 5.14. The first-order valence-corrected chi connectivity index (χ1v) is 7.35. The Morgan fingerprint density at radius 1 is 1.04 bits per heavy atom. The molecule has 1 N–H and O–H groups in total. The summed E-state index contributed by atoms with van der Waals surface area (Å²) in [7, 11) is 1.59. The second kappa shape index (κ2) is 5.67. The van der Waals surface area contributed by atoms with Crippen LogP contribution >= 0.6 is 0 Å². The van der Waals surface area contributed by atoms with Gasteiger partial charge in [-0.1, -0.05) is 0 Å². The molecule has 9 nitrogen and oxygen atoms in total. The fourth-order valence-corrected chi connectivity index (χ4v) is 2.74. The molecule has 0 atom stereocenters. The zero-order chi connectivity index (χ0) is 15.6. The third-order valence-electron chi connectivity index (χ3n) is 3.94. The number of anilines is 2. The number of aromatic nitrogens is 6. The van der Waals surface area contributed by atoms with Gasteiger partial charge in [-0.25, -0.2) is 9.97 Å². The Bertz CT molecular complexity index is 811. The Morgan fingerprint density at radius 2 is 1.87 bits per heavy atom. The van der Waals surface area contributed by atoms with Crippen molar-refractivity contribution in [2.24, 2.45) is 0 Å². The monoisotopic (exact) mass is 312 g/mol. The maximum atomic E-state index is 5.14. The van der Waals surface area contributed by atoms with Gasteiger partial charge in [0, 0.05) is 26.2 Å². The number of aromatic amines is 1. The second-order valence-electron chi connectivity index (χ2n) is 5.22. The molecule has 1 aliphatic rings. The second-order valence-corrected chi connectivity index (χ2v) is 5.22. The molecule has 118 valence electrons. The van der Waals surface area contributed by atoms with Crippen LogP contribution in [0.4, 0.5) is 11.6 Å². The van der Waals surface area contributed by atoms with Gasteiger partial charge in [-0.3, -0.25) is 10.1 Å². The molecule has 3 aromatic rings. The fourth-order valence-electron chi connectivity index (χ4n) is 2.74. The summed E-state index contributed by atoms with van der Waals surface area (Å²) in [5.41, 5.74) is 0.760. The van der Waals surface area contributed by atoms with Crippen molar-refractivity contribution in [3.8, 4) is 5.88 Å². The van der Waals surface area contributed by atoms with E-state index in [2.05, 4.69) is 39.9 Å². The van der Waals surface area contributed by atoms with E-state index >= 15 is 0 Å². The van der Waals surface area contributed by atoms with Gasteiger partial charge >= 0.3 is 0 Å². The molecule has 0 amide bonds. The molecule has 0 unspecified atom stereocenters. The van der Waals surface area contributed by atoms with Crippen LogP contribution in [0.15, 0.2) is 24.9 Å². The van der Waals surface area contributed by atoms with Crippen LogP contribution < -0.4 is 14.5 Å². The lowest BCUT2D eigenvalue weighted by Crippen LogP contribution is -2.47. The number of piperazine rings is 1. The SMILES string of the molecule is COc1cncc(N2CCN(c3ncnc4[nH]ncc34)CC2)n1. The molecule has 4 rings (SSSR count). The molecule has 0 radical (unpaired) electrons. The molecule has 0 bridgehead atoms. The highest BCUT2D eigenvalue weighted by molar-refractivity contribution is 5.86. The third-order valence-corrected chi connectivity index (χ3v) is 3.94. The summed E-state index contributed by atoms with van der Waals surface area (Å²) >= 11 is 0. The van der Waals surface area contributed by atoms with E-state index in [1.807, 2.05) is 0 Å². The van der Waals surface area contributed by atoms with Crippen molar-refractivity contribution < 1.29 is 4.74 Å². The lowest BCUT2D eigenvalue weighted by Gasteiger charge is -2.36. The molecule has 1 fully saturated rings. The summed E-state index contributed by atoms with van der Waals surface area (Å²) in [5, 5.41) is 7.86. The Morgan fingerprint density at radius 3 is 2.70 bits per heavy atom. The van der Waals surface area contributed by atoms with Crippen LogP contribution in [-0.2, 0) is 0 Å². The van der Waals surface area contributed by atoms with E-state index in [-0.39, 0.29) is 0 Å². The first-order chi connectivity index (χ1) is 11.3. The van der Waals surface area contributed by atoms with Crippen molar-refractivity contribution in [2.75, 3.05) is 43.1 Å². The van der Waals surface area contributed by atoms with E-state index in [4.69, 9.17) is 4.74 Å². The smallest absolute Gasteiger partial charge is 0.233 e. The Kier molecular flexibility index (Phi) is 3.37. The van der Waals surface area contributed by atoms with Gasteiger partial charge in [0.05, 0.1) is 31.1 Å². The van der Waals surface area contributed by atoms with E-state index in [0.29, 0.717) is 5.88 Å². The molecule has 0 saturated carbocycles. The van der Waals surface area contributed by atoms with Gasteiger partial charge in [-0.05, 0) is 0 Å². The zero-order valence-electron chi connectivity index (χ0n) is 12.7. The molecule has 0 aliphatic carbocycles. The van der Waals surface area contributed by atoms with Crippen LogP contribution in [-0.4, -0.2) is 63.4 Å². The highest BCUT2D eigenvalue weighted by atomic mass is 16.5. The molecule has 4 heterocycles. The van der Waals surface area contributed by atoms with Gasteiger partial charge in [0.2, 0.25) is 5.88 Å². The minimum atomic E-state index is 0.529. The third kappa shape index (κ3) is 2.50.